The number of carbonyl (C=O) groups is 1. The summed E-state index contributed by atoms with van der Waals surface area (Å²) in [6, 6.07) is 2.13. The Kier molecular flexibility index (Phi) is 3.50. The summed E-state index contributed by atoms with van der Waals surface area (Å²) in [5, 5.41) is 6.03. The first-order valence-corrected chi connectivity index (χ1v) is 6.07. The topological polar surface area (TPSA) is 54.0 Å². The van der Waals surface area contributed by atoms with Gasteiger partial charge in [0.05, 0.1) is 5.56 Å². The lowest BCUT2D eigenvalue weighted by molar-refractivity contribution is 0.0976. The molecule has 16 heavy (non-hydrogen) atoms. The average Bonchev–Trinajstić information content (AvgIpc) is 3.01. The molecule has 1 aromatic rings. The highest BCUT2D eigenvalue weighted by Crippen LogP contribution is 2.18. The van der Waals surface area contributed by atoms with Crippen LogP contribution in [0.4, 0.5) is 0 Å². The third-order valence-electron chi connectivity index (χ3n) is 2.11. The third kappa shape index (κ3) is 3.24. The first-order valence-electron chi connectivity index (χ1n) is 4.87. The molecule has 0 aliphatic heterocycles. The van der Waals surface area contributed by atoms with Gasteiger partial charge in [0.25, 0.3) is 5.91 Å². The molecular weight excluding hydrogens is 290 g/mol. The number of carbonyl (C=O) groups excluding carboxylic acids is 1. The van der Waals surface area contributed by atoms with Crippen molar-refractivity contribution in [3.63, 3.8) is 0 Å². The molecule has 0 atom stereocenters. The smallest absolute Gasteiger partial charge is 0.259 e. The van der Waals surface area contributed by atoms with E-state index in [1.807, 2.05) is 0 Å². The molecule has 0 bridgehead atoms. The summed E-state index contributed by atoms with van der Waals surface area (Å²) in [7, 11) is 0. The van der Waals surface area contributed by atoms with Gasteiger partial charge in [0.15, 0.2) is 5.11 Å². The van der Waals surface area contributed by atoms with Gasteiger partial charge in [-0.3, -0.25) is 15.1 Å². The molecule has 84 valence electrons. The lowest BCUT2D eigenvalue weighted by Crippen LogP contribution is -2.40. The van der Waals surface area contributed by atoms with Crippen molar-refractivity contribution in [2.75, 3.05) is 0 Å². The van der Waals surface area contributed by atoms with E-state index in [4.69, 9.17) is 12.2 Å². The van der Waals surface area contributed by atoms with Gasteiger partial charge in [-0.1, -0.05) is 0 Å². The number of rotatable bonds is 2. The van der Waals surface area contributed by atoms with Gasteiger partial charge in [0.1, 0.15) is 0 Å². The van der Waals surface area contributed by atoms with Gasteiger partial charge in [-0.25, -0.2) is 0 Å². The Morgan fingerprint density at radius 3 is 2.88 bits per heavy atom. The Labute approximate surface area is 107 Å². The van der Waals surface area contributed by atoms with E-state index < -0.39 is 0 Å². The van der Waals surface area contributed by atoms with Crippen LogP contribution >= 0.6 is 28.1 Å². The van der Waals surface area contributed by atoms with Crippen molar-refractivity contribution in [1.82, 2.24) is 15.6 Å². The summed E-state index contributed by atoms with van der Waals surface area (Å²) in [5.74, 6) is -0.244. The molecule has 1 heterocycles. The molecule has 0 radical (unpaired) electrons. The Morgan fingerprint density at radius 1 is 1.50 bits per heavy atom. The van der Waals surface area contributed by atoms with E-state index in [9.17, 15) is 4.79 Å². The molecule has 0 unspecified atom stereocenters. The zero-order valence-electron chi connectivity index (χ0n) is 8.37. The lowest BCUT2D eigenvalue weighted by atomic mass is 10.3. The maximum Gasteiger partial charge on any atom is 0.259 e. The summed E-state index contributed by atoms with van der Waals surface area (Å²) >= 11 is 8.26. The van der Waals surface area contributed by atoms with Crippen molar-refractivity contribution >= 4 is 39.2 Å². The Balaban J connectivity index is 1.93. The maximum atomic E-state index is 11.7. The predicted molar refractivity (Wildman–Crippen MR) is 68.2 cm³/mol. The molecule has 1 fully saturated rings. The van der Waals surface area contributed by atoms with Crippen LogP contribution in [-0.2, 0) is 0 Å². The molecule has 4 nitrogen and oxygen atoms in total. The quantitative estimate of drug-likeness (QED) is 0.815. The van der Waals surface area contributed by atoms with E-state index in [2.05, 4.69) is 31.5 Å². The fourth-order valence-corrected chi connectivity index (χ4v) is 1.78. The van der Waals surface area contributed by atoms with Crippen LogP contribution in [0.15, 0.2) is 22.9 Å². The third-order valence-corrected chi connectivity index (χ3v) is 2.76. The highest BCUT2D eigenvalue weighted by atomic mass is 79.9. The second-order valence-corrected chi connectivity index (χ2v) is 4.92. The Morgan fingerprint density at radius 2 is 2.25 bits per heavy atom. The normalized spacial score (nSPS) is 14.3. The number of nitrogens with zero attached hydrogens (tertiary/aromatic N) is 1. The maximum absolute atomic E-state index is 11.7. The number of aromatic nitrogens is 1. The second kappa shape index (κ2) is 4.88. The minimum atomic E-state index is -0.244. The van der Waals surface area contributed by atoms with Crippen molar-refractivity contribution in [3.05, 3.63) is 28.5 Å². The number of thiocarbonyl (C=S) groups is 1. The first kappa shape index (κ1) is 11.5. The van der Waals surface area contributed by atoms with Gasteiger partial charge in [-0.05, 0) is 47.1 Å². The van der Waals surface area contributed by atoms with Crippen LogP contribution in [0.5, 0.6) is 0 Å². The van der Waals surface area contributed by atoms with E-state index in [1.165, 1.54) is 6.20 Å². The van der Waals surface area contributed by atoms with Crippen LogP contribution in [0.1, 0.15) is 23.2 Å². The number of nitrogens with one attached hydrogen (secondary N) is 2. The molecule has 1 amide bonds. The summed E-state index contributed by atoms with van der Waals surface area (Å²) < 4.78 is 0.765. The highest BCUT2D eigenvalue weighted by Gasteiger charge is 2.22. The summed E-state index contributed by atoms with van der Waals surface area (Å²) in [6.45, 7) is 0. The van der Waals surface area contributed by atoms with Crippen LogP contribution in [-0.4, -0.2) is 22.0 Å². The van der Waals surface area contributed by atoms with Crippen LogP contribution in [0.3, 0.4) is 0 Å². The molecular formula is C10H10BrN3OS. The SMILES string of the molecule is O=C(NC(=S)NC1CC1)c1cncc(Br)c1. The lowest BCUT2D eigenvalue weighted by Gasteiger charge is -2.08. The van der Waals surface area contributed by atoms with Crippen LogP contribution in [0.2, 0.25) is 0 Å². The van der Waals surface area contributed by atoms with E-state index in [-0.39, 0.29) is 5.91 Å². The number of pyridine rings is 1. The van der Waals surface area contributed by atoms with Crippen molar-refractivity contribution in [2.45, 2.75) is 18.9 Å². The Bertz CT molecular complexity index is 434. The number of hydrogen-bond donors (Lipinski definition) is 2. The van der Waals surface area contributed by atoms with Crippen LogP contribution in [0.25, 0.3) is 0 Å². The van der Waals surface area contributed by atoms with Gasteiger partial charge in [0.2, 0.25) is 0 Å². The number of amides is 1. The fraction of sp³-hybridized carbons (Fsp3) is 0.300. The van der Waals surface area contributed by atoms with E-state index >= 15 is 0 Å². The molecule has 2 rings (SSSR count). The molecule has 1 aliphatic carbocycles. The average molecular weight is 300 g/mol. The minimum absolute atomic E-state index is 0.244. The van der Waals surface area contributed by atoms with Gasteiger partial charge in [-0.15, -0.1) is 0 Å². The van der Waals surface area contributed by atoms with Crippen molar-refractivity contribution in [2.24, 2.45) is 0 Å². The molecule has 0 aromatic carbocycles. The van der Waals surface area contributed by atoms with Crippen molar-refractivity contribution in [1.29, 1.82) is 0 Å². The second-order valence-electron chi connectivity index (χ2n) is 3.59. The zero-order chi connectivity index (χ0) is 11.5. The number of halogens is 1. The standard InChI is InChI=1S/C10H10BrN3OS/c11-7-3-6(4-12-5-7)9(15)14-10(16)13-8-1-2-8/h3-5,8H,1-2H2,(H2,13,14,15,16). The largest absolute Gasteiger partial charge is 0.360 e. The fourth-order valence-electron chi connectivity index (χ4n) is 1.16. The van der Waals surface area contributed by atoms with Crippen molar-refractivity contribution in [3.8, 4) is 0 Å². The molecule has 6 heteroatoms. The van der Waals surface area contributed by atoms with Gasteiger partial charge >= 0.3 is 0 Å². The molecule has 2 N–H and O–H groups in total. The van der Waals surface area contributed by atoms with Crippen molar-refractivity contribution < 1.29 is 4.79 Å². The highest BCUT2D eigenvalue weighted by molar-refractivity contribution is 9.10. The van der Waals surface area contributed by atoms with E-state index in [0.717, 1.165) is 17.3 Å². The first-order chi connectivity index (χ1) is 7.65. The van der Waals surface area contributed by atoms with Crippen LogP contribution in [0, 0.1) is 0 Å². The minimum Gasteiger partial charge on any atom is -0.360 e. The summed E-state index contributed by atoms with van der Waals surface area (Å²) in [4.78, 5) is 15.6. The van der Waals surface area contributed by atoms with E-state index in [0.29, 0.717) is 16.7 Å². The van der Waals surface area contributed by atoms with E-state index in [1.54, 1.807) is 12.3 Å². The summed E-state index contributed by atoms with van der Waals surface area (Å²) in [5.41, 5.74) is 0.481. The molecule has 0 spiro atoms. The molecule has 1 aromatic heterocycles. The van der Waals surface area contributed by atoms with Gasteiger partial charge in [-0.2, -0.15) is 0 Å². The molecule has 0 saturated heterocycles. The van der Waals surface area contributed by atoms with Gasteiger partial charge < -0.3 is 5.32 Å². The summed E-state index contributed by atoms with van der Waals surface area (Å²) in [6.07, 6.45) is 5.36. The number of hydrogen-bond acceptors (Lipinski definition) is 3. The van der Waals surface area contributed by atoms with Gasteiger partial charge in [0, 0.05) is 22.9 Å². The predicted octanol–water partition coefficient (Wildman–Crippen LogP) is 1.61. The monoisotopic (exact) mass is 299 g/mol. The van der Waals surface area contributed by atoms with Crippen LogP contribution < -0.4 is 10.6 Å². The zero-order valence-corrected chi connectivity index (χ0v) is 10.8. The Hall–Kier alpha value is -1.01. The molecule has 1 saturated carbocycles. The molecule has 1 aliphatic rings.